The maximum absolute atomic E-state index is 14.2. The lowest BCUT2D eigenvalue weighted by molar-refractivity contribution is -0.150. The van der Waals surface area contributed by atoms with Gasteiger partial charge in [0, 0.05) is 37.5 Å². The molecule has 44 heavy (non-hydrogen) atoms. The van der Waals surface area contributed by atoms with Crippen molar-refractivity contribution in [2.24, 2.45) is 23.2 Å². The van der Waals surface area contributed by atoms with Crippen molar-refractivity contribution in [2.45, 2.75) is 101 Å². The maximum Gasteiger partial charge on any atom is 0.309 e. The summed E-state index contributed by atoms with van der Waals surface area (Å²) in [7, 11) is 3.19. The van der Waals surface area contributed by atoms with Crippen LogP contribution in [0.2, 0.25) is 0 Å². The minimum atomic E-state index is -0.819. The minimum Gasteiger partial charge on any atom is -0.496 e. The largest absolute Gasteiger partial charge is 0.496 e. The average molecular weight is 606 g/mol. The quantitative estimate of drug-likeness (QED) is 0.374. The smallest absolute Gasteiger partial charge is 0.309 e. The molecule has 0 heterocycles. The molecule has 0 spiro atoms. The first-order valence-electron chi connectivity index (χ1n) is 15.8. The second kappa shape index (κ2) is 10.8. The fourth-order valence-corrected chi connectivity index (χ4v) is 8.58. The number of carbonyl (C=O) groups is 3. The predicted octanol–water partition coefficient (Wildman–Crippen LogP) is 4.20. The molecule has 2 amide bonds. The summed E-state index contributed by atoms with van der Waals surface area (Å²) in [5, 5.41) is 33.5. The van der Waals surface area contributed by atoms with E-state index in [0.29, 0.717) is 44.9 Å². The Morgan fingerprint density at radius 3 is 2.43 bits per heavy atom. The van der Waals surface area contributed by atoms with Crippen LogP contribution in [0.15, 0.2) is 23.8 Å². The molecule has 10 nitrogen and oxygen atoms in total. The van der Waals surface area contributed by atoms with E-state index in [1.807, 2.05) is 13.0 Å². The second-order valence-electron chi connectivity index (χ2n) is 14.5. The maximum atomic E-state index is 14.2. The number of carboxylic acid groups (broad SMARTS) is 1. The molecule has 2 bridgehead atoms. The summed E-state index contributed by atoms with van der Waals surface area (Å²) in [6.45, 7) is 3.73. The van der Waals surface area contributed by atoms with Crippen LogP contribution in [0.1, 0.15) is 94.0 Å². The van der Waals surface area contributed by atoms with E-state index in [0.717, 1.165) is 24.8 Å². The number of ether oxygens (including phenoxy) is 2. The minimum absolute atomic E-state index is 0.0630. The first-order valence-corrected chi connectivity index (χ1v) is 15.8. The zero-order valence-corrected chi connectivity index (χ0v) is 26.0. The number of benzene rings is 1. The van der Waals surface area contributed by atoms with Crippen LogP contribution in [0.3, 0.4) is 0 Å². The summed E-state index contributed by atoms with van der Waals surface area (Å²) in [6, 6.07) is 4.93. The first kappa shape index (κ1) is 30.4. The molecule has 4 fully saturated rings. The number of nitrogens with one attached hydrogen (secondary N) is 1. The number of rotatable bonds is 8. The molecule has 4 saturated carbocycles. The average Bonchev–Trinajstić information content (AvgIpc) is 3.28. The number of aliphatic carboxylic acids is 1. The molecule has 1 aromatic carbocycles. The summed E-state index contributed by atoms with van der Waals surface area (Å²) < 4.78 is 11.8. The number of hydrogen-bond acceptors (Lipinski definition) is 7. The van der Waals surface area contributed by atoms with E-state index in [9.17, 15) is 29.9 Å². The van der Waals surface area contributed by atoms with Gasteiger partial charge in [0.05, 0.1) is 41.3 Å². The Kier molecular flexibility index (Phi) is 7.47. The van der Waals surface area contributed by atoms with Crippen molar-refractivity contribution in [1.82, 2.24) is 10.2 Å². The zero-order valence-electron chi connectivity index (χ0n) is 26.0. The van der Waals surface area contributed by atoms with Gasteiger partial charge in [-0.15, -0.1) is 0 Å². The highest BCUT2D eigenvalue weighted by molar-refractivity contribution is 5.98. The van der Waals surface area contributed by atoms with E-state index >= 15 is 0 Å². The third-order valence-electron chi connectivity index (χ3n) is 11.3. The van der Waals surface area contributed by atoms with Gasteiger partial charge in [0.25, 0.3) is 5.91 Å². The fraction of sp³-hybridized carbons (Fsp3) is 0.647. The Morgan fingerprint density at radius 2 is 1.80 bits per heavy atom. The highest BCUT2D eigenvalue weighted by Crippen LogP contribution is 2.54. The molecule has 10 heteroatoms. The highest BCUT2D eigenvalue weighted by atomic mass is 16.5. The normalized spacial score (nSPS) is 36.8. The number of carboxylic acids is 1. The van der Waals surface area contributed by atoms with Crippen LogP contribution in [-0.4, -0.2) is 70.3 Å². The Labute approximate surface area is 258 Å². The van der Waals surface area contributed by atoms with E-state index in [-0.39, 0.29) is 64.3 Å². The van der Waals surface area contributed by atoms with E-state index in [1.165, 1.54) is 13.2 Å². The van der Waals surface area contributed by atoms with Gasteiger partial charge in [0.15, 0.2) is 0 Å². The van der Waals surface area contributed by atoms with Crippen molar-refractivity contribution < 1.29 is 34.1 Å². The molecule has 5 aliphatic carbocycles. The fourth-order valence-electron chi connectivity index (χ4n) is 8.58. The van der Waals surface area contributed by atoms with E-state index in [2.05, 4.69) is 11.4 Å². The molecular formula is C34H43N3O7. The van der Waals surface area contributed by atoms with Gasteiger partial charge in [-0.2, -0.15) is 5.26 Å². The predicted molar refractivity (Wildman–Crippen MR) is 160 cm³/mol. The van der Waals surface area contributed by atoms with Gasteiger partial charge in [-0.3, -0.25) is 14.4 Å². The van der Waals surface area contributed by atoms with Crippen molar-refractivity contribution in [3.8, 4) is 17.6 Å². The number of amides is 2. The highest BCUT2D eigenvalue weighted by Gasteiger charge is 2.57. The van der Waals surface area contributed by atoms with Crippen molar-refractivity contribution in [2.75, 3.05) is 14.2 Å². The van der Waals surface area contributed by atoms with Gasteiger partial charge in [0.1, 0.15) is 17.6 Å². The number of aliphatic hydroxyl groups is 1. The summed E-state index contributed by atoms with van der Waals surface area (Å²) in [4.78, 5) is 41.4. The van der Waals surface area contributed by atoms with Crippen molar-refractivity contribution in [1.29, 1.82) is 5.26 Å². The molecule has 5 aliphatic rings. The Morgan fingerprint density at radius 1 is 1.09 bits per heavy atom. The van der Waals surface area contributed by atoms with E-state index in [4.69, 9.17) is 9.47 Å². The third-order valence-corrected chi connectivity index (χ3v) is 11.3. The second-order valence-corrected chi connectivity index (χ2v) is 14.5. The van der Waals surface area contributed by atoms with Crippen LogP contribution < -0.4 is 14.8 Å². The van der Waals surface area contributed by atoms with Gasteiger partial charge < -0.3 is 29.9 Å². The van der Waals surface area contributed by atoms with Gasteiger partial charge >= 0.3 is 5.97 Å². The number of carbonyl (C=O) groups excluding carboxylic acids is 2. The Hall–Kier alpha value is -3.58. The third kappa shape index (κ3) is 5.23. The van der Waals surface area contributed by atoms with Crippen LogP contribution in [0.25, 0.3) is 0 Å². The number of nitrogens with zero attached hydrogens (tertiary/aromatic N) is 2. The SMILES string of the molecule is COc1cc(C#N)c(OC2CCC(C)(C(=O)O)CC2)cc1C(=O)N(C)[C@@H]1[C@H]2CC[C@H](C2)[C@@H]1C(=O)N[C@]1(C)CC=C2C[C@]2(O)C1. The lowest BCUT2D eigenvalue weighted by atomic mass is 9.75. The molecular weight excluding hydrogens is 562 g/mol. The van der Waals surface area contributed by atoms with Crippen molar-refractivity contribution in [3.05, 3.63) is 34.9 Å². The number of fused-ring (bicyclic) bond motifs is 3. The molecule has 0 radical (unpaired) electrons. The van der Waals surface area contributed by atoms with Crippen LogP contribution in [0.5, 0.6) is 11.5 Å². The lowest BCUT2D eigenvalue weighted by Gasteiger charge is -2.40. The van der Waals surface area contributed by atoms with E-state index in [1.54, 1.807) is 24.9 Å². The van der Waals surface area contributed by atoms with Crippen molar-refractivity contribution in [3.63, 3.8) is 0 Å². The van der Waals surface area contributed by atoms with E-state index < -0.39 is 22.5 Å². The van der Waals surface area contributed by atoms with Gasteiger partial charge in [-0.05, 0) is 88.7 Å². The first-order chi connectivity index (χ1) is 20.8. The molecule has 0 saturated heterocycles. The summed E-state index contributed by atoms with van der Waals surface area (Å²) >= 11 is 0. The van der Waals surface area contributed by atoms with Gasteiger partial charge in [0.2, 0.25) is 5.91 Å². The molecule has 0 aliphatic heterocycles. The monoisotopic (exact) mass is 605 g/mol. The Bertz CT molecular complexity index is 1460. The molecule has 6 rings (SSSR count). The Balaban J connectivity index is 1.22. The van der Waals surface area contributed by atoms with Gasteiger partial charge in [-0.1, -0.05) is 6.08 Å². The number of nitriles is 1. The number of methoxy groups -OCH3 is 1. The molecule has 3 N–H and O–H groups in total. The van der Waals surface area contributed by atoms with Crippen LogP contribution in [-0.2, 0) is 9.59 Å². The summed E-state index contributed by atoms with van der Waals surface area (Å²) in [5.41, 5.74) is -0.568. The van der Waals surface area contributed by atoms with Gasteiger partial charge in [-0.25, -0.2) is 0 Å². The topological polar surface area (TPSA) is 149 Å². The molecule has 1 aromatic rings. The van der Waals surface area contributed by atoms with Crippen LogP contribution in [0.4, 0.5) is 0 Å². The lowest BCUT2D eigenvalue weighted by Crippen LogP contribution is -2.56. The standard InChI is InChI=1S/C34H43N3O7/c1-32(31(40)41)10-8-23(9-11-32)44-25-15-24(26(43-4)14-21(25)17-35)30(39)37(3)28-20-6-5-19(13-20)27(28)29(38)36-33(2)12-7-22-16-34(22,42)18-33/h7,14-15,19-20,23,27-28,42H,5-6,8-13,16,18H2,1-4H3,(H,36,38)(H,40,41)/t19-,20+,23?,27+,28-,32?,33-,34+/m1/s1. The molecule has 236 valence electrons. The zero-order chi connectivity index (χ0) is 31.6. The molecule has 0 unspecified atom stereocenters. The van der Waals surface area contributed by atoms with Crippen LogP contribution in [0, 0.1) is 34.5 Å². The molecule has 6 atom stereocenters. The molecule has 0 aromatic heterocycles. The summed E-state index contributed by atoms with van der Waals surface area (Å²) in [5.74, 6) is -0.630. The van der Waals surface area contributed by atoms with Crippen LogP contribution >= 0.6 is 0 Å². The number of hydrogen-bond donors (Lipinski definition) is 3. The van der Waals surface area contributed by atoms with Crippen molar-refractivity contribution >= 4 is 17.8 Å². The summed E-state index contributed by atoms with van der Waals surface area (Å²) in [6.07, 6.45) is 8.39.